The molecule has 1 N–H and O–H groups in total. The van der Waals surface area contributed by atoms with Gasteiger partial charge in [0, 0.05) is 13.1 Å². The molecule has 0 atom stereocenters. The summed E-state index contributed by atoms with van der Waals surface area (Å²) in [5.74, 6) is 0.722. The number of nitrogens with one attached hydrogen (secondary N) is 1. The van der Waals surface area contributed by atoms with Crippen LogP contribution < -0.4 is 5.32 Å². The maximum atomic E-state index is 12.8. The molecule has 1 aliphatic heterocycles. The van der Waals surface area contributed by atoms with Gasteiger partial charge < -0.3 is 10.2 Å². The lowest BCUT2D eigenvalue weighted by atomic mass is 9.96. The molecule has 0 bridgehead atoms. The fourth-order valence-corrected chi connectivity index (χ4v) is 3.50. The standard InChI is InChI=1S/C18H23ClN4O/c1-13-15(12-21-23(13)17-6-4-3-5-16(17)19)18(24)22-9-7-14(8-10-22)11-20-2/h3-6,12,14,20H,7-11H2,1-2H3. The van der Waals surface area contributed by atoms with Gasteiger partial charge in [-0.2, -0.15) is 5.10 Å². The quantitative estimate of drug-likeness (QED) is 0.926. The van der Waals surface area contributed by atoms with Crippen LogP contribution in [0.1, 0.15) is 28.9 Å². The molecule has 0 radical (unpaired) electrons. The van der Waals surface area contributed by atoms with Crippen molar-refractivity contribution in [3.63, 3.8) is 0 Å². The van der Waals surface area contributed by atoms with E-state index in [1.165, 1.54) is 0 Å². The second-order valence-electron chi connectivity index (χ2n) is 6.30. The van der Waals surface area contributed by atoms with E-state index in [1.54, 1.807) is 10.9 Å². The summed E-state index contributed by atoms with van der Waals surface area (Å²) in [6.45, 7) is 4.55. The second-order valence-corrected chi connectivity index (χ2v) is 6.71. The lowest BCUT2D eigenvalue weighted by Crippen LogP contribution is -2.40. The topological polar surface area (TPSA) is 50.2 Å². The van der Waals surface area contributed by atoms with E-state index in [1.807, 2.05) is 43.1 Å². The Labute approximate surface area is 147 Å². The van der Waals surface area contributed by atoms with E-state index in [2.05, 4.69) is 10.4 Å². The molecule has 2 aromatic rings. The molecule has 1 saturated heterocycles. The molecule has 1 aliphatic rings. The highest BCUT2D eigenvalue weighted by molar-refractivity contribution is 6.32. The van der Waals surface area contributed by atoms with Gasteiger partial charge >= 0.3 is 0 Å². The number of likely N-dealkylation sites (tertiary alicyclic amines) is 1. The fourth-order valence-electron chi connectivity index (χ4n) is 3.29. The molecule has 1 amide bonds. The summed E-state index contributed by atoms with van der Waals surface area (Å²) in [6.07, 6.45) is 3.75. The molecule has 3 rings (SSSR count). The second kappa shape index (κ2) is 7.36. The molecule has 1 fully saturated rings. The van der Waals surface area contributed by atoms with E-state index < -0.39 is 0 Å². The first kappa shape index (κ1) is 17.0. The summed E-state index contributed by atoms with van der Waals surface area (Å²) in [4.78, 5) is 14.8. The SMILES string of the molecule is CNCC1CCN(C(=O)c2cnn(-c3ccccc3Cl)c2C)CC1. The van der Waals surface area contributed by atoms with Crippen LogP contribution in [-0.2, 0) is 0 Å². The molecule has 128 valence electrons. The first-order chi connectivity index (χ1) is 11.6. The molecular weight excluding hydrogens is 324 g/mol. The fraction of sp³-hybridized carbons (Fsp3) is 0.444. The first-order valence-corrected chi connectivity index (χ1v) is 8.73. The van der Waals surface area contributed by atoms with Crippen LogP contribution >= 0.6 is 11.6 Å². The van der Waals surface area contributed by atoms with E-state index in [0.29, 0.717) is 16.5 Å². The Morgan fingerprint density at radius 3 is 2.71 bits per heavy atom. The van der Waals surface area contributed by atoms with Crippen molar-refractivity contribution in [2.45, 2.75) is 19.8 Å². The van der Waals surface area contributed by atoms with Crippen LogP contribution in [0.4, 0.5) is 0 Å². The van der Waals surface area contributed by atoms with Gasteiger partial charge in [0.1, 0.15) is 0 Å². The number of piperidine rings is 1. The van der Waals surface area contributed by atoms with Crippen molar-refractivity contribution in [2.24, 2.45) is 5.92 Å². The summed E-state index contributed by atoms with van der Waals surface area (Å²) >= 11 is 6.25. The van der Waals surface area contributed by atoms with Gasteiger partial charge in [-0.3, -0.25) is 4.79 Å². The maximum absolute atomic E-state index is 12.8. The Morgan fingerprint density at radius 1 is 1.33 bits per heavy atom. The Balaban J connectivity index is 1.77. The molecule has 5 nitrogen and oxygen atoms in total. The van der Waals surface area contributed by atoms with Gasteiger partial charge in [0.15, 0.2) is 0 Å². The van der Waals surface area contributed by atoms with Crippen molar-refractivity contribution >= 4 is 17.5 Å². The number of hydrogen-bond donors (Lipinski definition) is 1. The van der Waals surface area contributed by atoms with Crippen LogP contribution in [0.15, 0.2) is 30.5 Å². The van der Waals surface area contributed by atoms with E-state index in [0.717, 1.165) is 43.9 Å². The minimum Gasteiger partial charge on any atom is -0.339 e. The van der Waals surface area contributed by atoms with Crippen LogP contribution in [0.5, 0.6) is 0 Å². The average molecular weight is 347 g/mol. The van der Waals surface area contributed by atoms with Crippen molar-refractivity contribution in [1.29, 1.82) is 0 Å². The Morgan fingerprint density at radius 2 is 2.04 bits per heavy atom. The summed E-state index contributed by atoms with van der Waals surface area (Å²) in [6, 6.07) is 7.52. The zero-order valence-electron chi connectivity index (χ0n) is 14.1. The molecule has 0 aliphatic carbocycles. The van der Waals surface area contributed by atoms with Crippen LogP contribution in [0.3, 0.4) is 0 Å². The Hall–Kier alpha value is -1.85. The van der Waals surface area contributed by atoms with Crippen LogP contribution in [0.25, 0.3) is 5.69 Å². The first-order valence-electron chi connectivity index (χ1n) is 8.35. The number of nitrogens with zero attached hydrogens (tertiary/aromatic N) is 3. The van der Waals surface area contributed by atoms with Crippen molar-refractivity contribution in [3.8, 4) is 5.69 Å². The van der Waals surface area contributed by atoms with E-state index in [4.69, 9.17) is 11.6 Å². The van der Waals surface area contributed by atoms with Crippen molar-refractivity contribution in [2.75, 3.05) is 26.7 Å². The molecule has 24 heavy (non-hydrogen) atoms. The van der Waals surface area contributed by atoms with Gasteiger partial charge in [0.05, 0.1) is 28.2 Å². The summed E-state index contributed by atoms with van der Waals surface area (Å²) in [5.41, 5.74) is 2.27. The Bertz CT molecular complexity index is 720. The lowest BCUT2D eigenvalue weighted by Gasteiger charge is -2.31. The zero-order valence-corrected chi connectivity index (χ0v) is 14.9. The van der Waals surface area contributed by atoms with Gasteiger partial charge in [-0.05, 0) is 51.4 Å². The number of aromatic nitrogens is 2. The molecule has 0 spiro atoms. The Kier molecular flexibility index (Phi) is 5.21. The summed E-state index contributed by atoms with van der Waals surface area (Å²) in [5, 5.41) is 8.22. The average Bonchev–Trinajstić information content (AvgIpc) is 2.97. The smallest absolute Gasteiger partial charge is 0.257 e. The van der Waals surface area contributed by atoms with Gasteiger partial charge in [-0.1, -0.05) is 23.7 Å². The van der Waals surface area contributed by atoms with Crippen LogP contribution in [0.2, 0.25) is 5.02 Å². The maximum Gasteiger partial charge on any atom is 0.257 e. The van der Waals surface area contributed by atoms with E-state index in [-0.39, 0.29) is 5.91 Å². The molecule has 0 unspecified atom stereocenters. The number of carbonyl (C=O) groups is 1. The number of amides is 1. The largest absolute Gasteiger partial charge is 0.339 e. The predicted octanol–water partition coefficient (Wildman–Crippen LogP) is 2.91. The number of halogens is 1. The van der Waals surface area contributed by atoms with Gasteiger partial charge in [-0.15, -0.1) is 0 Å². The molecule has 2 heterocycles. The monoisotopic (exact) mass is 346 g/mol. The predicted molar refractivity (Wildman–Crippen MR) is 95.9 cm³/mol. The number of para-hydroxylation sites is 1. The molecule has 0 saturated carbocycles. The van der Waals surface area contributed by atoms with Crippen LogP contribution in [0, 0.1) is 12.8 Å². The lowest BCUT2D eigenvalue weighted by molar-refractivity contribution is 0.0690. The minimum atomic E-state index is 0.0636. The van der Waals surface area contributed by atoms with E-state index >= 15 is 0 Å². The highest BCUT2D eigenvalue weighted by Crippen LogP contribution is 2.24. The van der Waals surface area contributed by atoms with Gasteiger partial charge in [0.25, 0.3) is 5.91 Å². The molecule has 1 aromatic carbocycles. The van der Waals surface area contributed by atoms with Crippen molar-refractivity contribution in [3.05, 3.63) is 46.7 Å². The highest BCUT2D eigenvalue weighted by Gasteiger charge is 2.26. The number of carbonyl (C=O) groups excluding carboxylic acids is 1. The summed E-state index contributed by atoms with van der Waals surface area (Å²) < 4.78 is 1.74. The molecule has 1 aromatic heterocycles. The minimum absolute atomic E-state index is 0.0636. The highest BCUT2D eigenvalue weighted by atomic mass is 35.5. The van der Waals surface area contributed by atoms with Gasteiger partial charge in [0.2, 0.25) is 0 Å². The van der Waals surface area contributed by atoms with Gasteiger partial charge in [-0.25, -0.2) is 4.68 Å². The van der Waals surface area contributed by atoms with E-state index in [9.17, 15) is 4.79 Å². The molecule has 6 heteroatoms. The summed E-state index contributed by atoms with van der Waals surface area (Å²) in [7, 11) is 1.98. The molecular formula is C18H23ClN4O. The van der Waals surface area contributed by atoms with Crippen LogP contribution in [-0.4, -0.2) is 47.3 Å². The number of hydrogen-bond acceptors (Lipinski definition) is 3. The van der Waals surface area contributed by atoms with Crippen molar-refractivity contribution < 1.29 is 4.79 Å². The zero-order chi connectivity index (χ0) is 17.1. The third-order valence-corrected chi connectivity index (χ3v) is 5.04. The number of rotatable bonds is 4. The van der Waals surface area contributed by atoms with Crippen molar-refractivity contribution in [1.82, 2.24) is 20.0 Å². The number of benzene rings is 1. The normalized spacial score (nSPS) is 15.7. The third-order valence-electron chi connectivity index (χ3n) is 4.72. The third kappa shape index (κ3) is 3.32.